The maximum atomic E-state index is 12.5. The molecule has 0 unspecified atom stereocenters. The van der Waals surface area contributed by atoms with Gasteiger partial charge in [0.05, 0.1) is 10.6 Å². The average molecular weight is 413 g/mol. The molecule has 1 heterocycles. The van der Waals surface area contributed by atoms with Crippen LogP contribution in [-0.4, -0.2) is 34.9 Å². The molecule has 0 bridgehead atoms. The first kappa shape index (κ1) is 21.7. The number of carbonyl (C=O) groups excluding carboxylic acids is 2. The molecule has 0 spiro atoms. The summed E-state index contributed by atoms with van der Waals surface area (Å²) in [6.07, 6.45) is 7.71. The molecule has 0 saturated heterocycles. The van der Waals surface area contributed by atoms with Gasteiger partial charge in [0, 0.05) is 35.7 Å². The standard InChI is InChI=1S/C20H19N3O5S/c1-3-5-6-7-19(25)28-13-18(24)22(12-4-2)20-21-17(14-29-20)15-8-10-16(11-9-15)23(26)27/h3-11,14H,2,12-13H2,1H3/b5-3+,7-6+. The number of nitrogens with zero attached hydrogens (tertiary/aromatic N) is 3. The van der Waals surface area contributed by atoms with E-state index in [1.54, 1.807) is 35.7 Å². The van der Waals surface area contributed by atoms with Gasteiger partial charge in [0.1, 0.15) is 0 Å². The monoisotopic (exact) mass is 413 g/mol. The zero-order valence-electron chi connectivity index (χ0n) is 15.7. The molecule has 1 aromatic heterocycles. The molecule has 1 aromatic carbocycles. The molecule has 0 aliphatic heterocycles. The van der Waals surface area contributed by atoms with E-state index in [0.717, 1.165) is 0 Å². The van der Waals surface area contributed by atoms with E-state index in [9.17, 15) is 19.7 Å². The Bertz CT molecular complexity index is 947. The third kappa shape index (κ3) is 6.22. The number of carbonyl (C=O) groups is 2. The zero-order chi connectivity index (χ0) is 21.2. The van der Waals surface area contributed by atoms with E-state index in [2.05, 4.69) is 11.6 Å². The minimum Gasteiger partial charge on any atom is -0.452 e. The van der Waals surface area contributed by atoms with Crippen LogP contribution in [0.2, 0.25) is 0 Å². The molecule has 0 radical (unpaired) electrons. The minimum absolute atomic E-state index is 0.0158. The number of non-ortho nitro benzene ring substituents is 1. The summed E-state index contributed by atoms with van der Waals surface area (Å²) in [6.45, 7) is 5.21. The summed E-state index contributed by atoms with van der Waals surface area (Å²) in [7, 11) is 0. The molecule has 150 valence electrons. The summed E-state index contributed by atoms with van der Waals surface area (Å²) >= 11 is 1.23. The van der Waals surface area contributed by atoms with Crippen LogP contribution in [0.1, 0.15) is 6.92 Å². The Hall–Kier alpha value is -3.59. The highest BCUT2D eigenvalue weighted by atomic mass is 32.1. The first-order valence-electron chi connectivity index (χ1n) is 8.54. The van der Waals surface area contributed by atoms with Crippen molar-refractivity contribution >= 4 is 34.0 Å². The van der Waals surface area contributed by atoms with Crippen LogP contribution < -0.4 is 4.90 Å². The van der Waals surface area contributed by atoms with Crippen molar-refractivity contribution in [1.29, 1.82) is 0 Å². The van der Waals surface area contributed by atoms with Crippen molar-refractivity contribution in [2.45, 2.75) is 6.92 Å². The lowest BCUT2D eigenvalue weighted by atomic mass is 10.1. The third-order valence-electron chi connectivity index (χ3n) is 3.58. The summed E-state index contributed by atoms with van der Waals surface area (Å²) in [4.78, 5) is 40.2. The quantitative estimate of drug-likeness (QED) is 0.154. The van der Waals surface area contributed by atoms with E-state index < -0.39 is 23.4 Å². The first-order chi connectivity index (χ1) is 14.0. The second-order valence-corrected chi connectivity index (χ2v) is 6.44. The molecule has 0 fully saturated rings. The summed E-state index contributed by atoms with van der Waals surface area (Å²) in [5.74, 6) is -1.07. The van der Waals surface area contributed by atoms with Gasteiger partial charge in [-0.15, -0.1) is 17.9 Å². The van der Waals surface area contributed by atoms with Gasteiger partial charge in [-0.25, -0.2) is 9.78 Å². The lowest BCUT2D eigenvalue weighted by Crippen LogP contribution is -2.34. The number of hydrogen-bond acceptors (Lipinski definition) is 7. The highest BCUT2D eigenvalue weighted by Crippen LogP contribution is 2.28. The molecule has 2 rings (SSSR count). The lowest BCUT2D eigenvalue weighted by Gasteiger charge is -2.17. The van der Waals surface area contributed by atoms with E-state index >= 15 is 0 Å². The van der Waals surface area contributed by atoms with Crippen LogP contribution in [0.15, 0.2) is 66.6 Å². The van der Waals surface area contributed by atoms with Gasteiger partial charge in [-0.3, -0.25) is 19.8 Å². The molecular weight excluding hydrogens is 394 g/mol. The molecule has 0 aliphatic carbocycles. The van der Waals surface area contributed by atoms with Crippen molar-refractivity contribution < 1.29 is 19.2 Å². The van der Waals surface area contributed by atoms with Gasteiger partial charge < -0.3 is 4.74 Å². The topological polar surface area (TPSA) is 103 Å². The summed E-state index contributed by atoms with van der Waals surface area (Å²) < 4.78 is 4.95. The van der Waals surface area contributed by atoms with E-state index in [4.69, 9.17) is 4.74 Å². The van der Waals surface area contributed by atoms with Crippen molar-refractivity contribution in [3.8, 4) is 11.3 Å². The summed E-state index contributed by atoms with van der Waals surface area (Å²) in [6, 6.07) is 5.97. The highest BCUT2D eigenvalue weighted by molar-refractivity contribution is 7.14. The maximum Gasteiger partial charge on any atom is 0.331 e. The Balaban J connectivity index is 2.10. The van der Waals surface area contributed by atoms with Gasteiger partial charge in [0.15, 0.2) is 11.7 Å². The molecule has 8 nitrogen and oxygen atoms in total. The Morgan fingerprint density at radius 2 is 2.03 bits per heavy atom. The zero-order valence-corrected chi connectivity index (χ0v) is 16.5. The number of rotatable bonds is 9. The second kappa shape index (κ2) is 10.7. The number of benzene rings is 1. The molecule has 2 aromatic rings. The van der Waals surface area contributed by atoms with Gasteiger partial charge in [-0.2, -0.15) is 0 Å². The number of allylic oxidation sites excluding steroid dienone is 3. The fourth-order valence-corrected chi connectivity index (χ4v) is 3.06. The number of thiazole rings is 1. The smallest absolute Gasteiger partial charge is 0.331 e. The van der Waals surface area contributed by atoms with Crippen LogP contribution in [0, 0.1) is 10.1 Å². The molecule has 0 aliphatic rings. The lowest BCUT2D eigenvalue weighted by molar-refractivity contribution is -0.384. The average Bonchev–Trinajstić information content (AvgIpc) is 3.20. The first-order valence-corrected chi connectivity index (χ1v) is 9.42. The molecular formula is C20H19N3O5S. The van der Waals surface area contributed by atoms with Crippen molar-refractivity contribution in [1.82, 2.24) is 4.98 Å². The van der Waals surface area contributed by atoms with Crippen molar-refractivity contribution in [3.05, 3.63) is 76.7 Å². The van der Waals surface area contributed by atoms with Gasteiger partial charge in [-0.1, -0.05) is 24.3 Å². The molecule has 0 saturated carbocycles. The highest BCUT2D eigenvalue weighted by Gasteiger charge is 2.20. The Kier molecular flexibility index (Phi) is 7.99. The normalized spacial score (nSPS) is 10.9. The Labute approximate surface area is 171 Å². The number of anilines is 1. The van der Waals surface area contributed by atoms with Crippen LogP contribution in [0.4, 0.5) is 10.8 Å². The van der Waals surface area contributed by atoms with E-state index in [0.29, 0.717) is 16.4 Å². The summed E-state index contributed by atoms with van der Waals surface area (Å²) in [5, 5.41) is 12.9. The molecule has 0 N–H and O–H groups in total. The second-order valence-electron chi connectivity index (χ2n) is 5.60. The number of amides is 1. The Morgan fingerprint density at radius 3 is 2.66 bits per heavy atom. The van der Waals surface area contributed by atoms with Crippen molar-refractivity contribution in [3.63, 3.8) is 0 Å². The van der Waals surface area contributed by atoms with Crippen LogP contribution in [0.5, 0.6) is 0 Å². The summed E-state index contributed by atoms with van der Waals surface area (Å²) in [5.41, 5.74) is 1.25. The minimum atomic E-state index is -0.624. The van der Waals surface area contributed by atoms with Crippen LogP contribution in [-0.2, 0) is 14.3 Å². The predicted molar refractivity (Wildman–Crippen MR) is 112 cm³/mol. The van der Waals surface area contributed by atoms with Gasteiger partial charge in [0.25, 0.3) is 11.6 Å². The molecule has 0 atom stereocenters. The predicted octanol–water partition coefficient (Wildman–Crippen LogP) is 3.91. The van der Waals surface area contributed by atoms with Gasteiger partial charge in [-0.05, 0) is 19.1 Å². The molecule has 1 amide bonds. The van der Waals surface area contributed by atoms with E-state index in [-0.39, 0.29) is 12.2 Å². The van der Waals surface area contributed by atoms with Crippen LogP contribution in [0.3, 0.4) is 0 Å². The fourth-order valence-electron chi connectivity index (χ4n) is 2.19. The molecule has 29 heavy (non-hydrogen) atoms. The van der Waals surface area contributed by atoms with Crippen LogP contribution >= 0.6 is 11.3 Å². The fraction of sp³-hybridized carbons (Fsp3) is 0.150. The Morgan fingerprint density at radius 1 is 1.31 bits per heavy atom. The van der Waals surface area contributed by atoms with E-state index in [1.807, 2.05) is 6.92 Å². The number of esters is 1. The number of nitro groups is 1. The number of hydrogen-bond donors (Lipinski definition) is 0. The van der Waals surface area contributed by atoms with Gasteiger partial charge >= 0.3 is 5.97 Å². The maximum absolute atomic E-state index is 12.5. The number of nitro benzene ring substituents is 1. The largest absolute Gasteiger partial charge is 0.452 e. The van der Waals surface area contributed by atoms with E-state index in [1.165, 1.54) is 40.5 Å². The molecule has 9 heteroatoms. The number of ether oxygens (including phenoxy) is 1. The van der Waals surface area contributed by atoms with Crippen molar-refractivity contribution in [2.24, 2.45) is 0 Å². The SMILES string of the molecule is C=CCN(C(=O)COC(=O)/C=C/C=C/C)c1nc(-c2ccc([N+](=O)[O-])cc2)cs1. The third-order valence-corrected chi connectivity index (χ3v) is 4.45. The van der Waals surface area contributed by atoms with Crippen LogP contribution in [0.25, 0.3) is 11.3 Å². The van der Waals surface area contributed by atoms with Gasteiger partial charge in [0.2, 0.25) is 0 Å². The number of aromatic nitrogens is 1. The van der Waals surface area contributed by atoms with Crippen molar-refractivity contribution in [2.75, 3.05) is 18.1 Å².